The van der Waals surface area contributed by atoms with Gasteiger partial charge in [0.2, 0.25) is 0 Å². The molecule has 0 bridgehead atoms. The molecule has 4 saturated carbocycles. The third kappa shape index (κ3) is 3.57. The Hall–Kier alpha value is -1.64. The molecule has 0 aromatic carbocycles. The molecular weight excluding hydrogens is 450 g/mol. The number of nitrogens with zero attached hydrogens (tertiary/aromatic N) is 1. The molecule has 0 saturated heterocycles. The van der Waals surface area contributed by atoms with Crippen LogP contribution in [0.1, 0.15) is 71.6 Å². The number of fused-ring (bicyclic) bond motifs is 5. The number of rotatable bonds is 5. The second kappa shape index (κ2) is 8.73. The molecule has 5 rings (SSSR count). The maximum atomic E-state index is 12.3. The minimum atomic E-state index is -0.995. The fraction of sp³-hybridized carbons (Fsp3) is 0.852. The zero-order valence-corrected chi connectivity index (χ0v) is 21.0. The summed E-state index contributed by atoms with van der Waals surface area (Å²) in [5.41, 5.74) is -0.852. The fourth-order valence-electron chi connectivity index (χ4n) is 9.33. The lowest BCUT2D eigenvalue weighted by Crippen LogP contribution is -2.67. The van der Waals surface area contributed by atoms with E-state index in [0.29, 0.717) is 31.7 Å². The van der Waals surface area contributed by atoms with E-state index in [1.165, 1.54) is 4.90 Å². The van der Waals surface area contributed by atoms with E-state index in [2.05, 4.69) is 6.92 Å². The van der Waals surface area contributed by atoms with Crippen molar-refractivity contribution in [1.29, 1.82) is 0 Å². The van der Waals surface area contributed by atoms with Crippen LogP contribution < -0.4 is 0 Å². The van der Waals surface area contributed by atoms with Crippen LogP contribution in [0.2, 0.25) is 0 Å². The molecule has 4 N–H and O–H groups in total. The van der Waals surface area contributed by atoms with E-state index < -0.39 is 23.2 Å². The van der Waals surface area contributed by atoms with Gasteiger partial charge in [0, 0.05) is 30.7 Å². The number of carboxylic acid groups (broad SMARTS) is 1. The van der Waals surface area contributed by atoms with Gasteiger partial charge in [-0.15, -0.1) is 0 Å². The molecule has 196 valence electrons. The number of hydrogen-bond acceptors (Lipinski definition) is 6. The van der Waals surface area contributed by atoms with Crippen LogP contribution in [0.5, 0.6) is 0 Å². The van der Waals surface area contributed by atoms with E-state index >= 15 is 0 Å². The molecule has 4 fully saturated rings. The number of aliphatic hydroxyl groups is 3. The molecule has 0 aromatic heterocycles. The third-order valence-electron chi connectivity index (χ3n) is 11.3. The summed E-state index contributed by atoms with van der Waals surface area (Å²) in [4.78, 5) is 25.2. The van der Waals surface area contributed by atoms with E-state index in [9.17, 15) is 30.0 Å². The van der Waals surface area contributed by atoms with Gasteiger partial charge >= 0.3 is 12.1 Å². The number of aliphatic hydroxyl groups excluding tert-OH is 2. The van der Waals surface area contributed by atoms with Crippen molar-refractivity contribution in [3.05, 3.63) is 11.6 Å². The average molecular weight is 492 g/mol. The second-order valence-corrected chi connectivity index (χ2v) is 12.4. The first kappa shape index (κ1) is 25.0. The summed E-state index contributed by atoms with van der Waals surface area (Å²) in [5.74, 6) is 0.218. The van der Waals surface area contributed by atoms with Gasteiger partial charge in [0.1, 0.15) is 6.61 Å². The molecule has 0 aromatic rings. The Morgan fingerprint density at radius 2 is 1.91 bits per heavy atom. The van der Waals surface area contributed by atoms with E-state index in [1.54, 1.807) is 6.08 Å². The van der Waals surface area contributed by atoms with Crippen molar-refractivity contribution >= 4 is 12.1 Å². The number of ether oxygens (including phenoxy) is 1. The van der Waals surface area contributed by atoms with E-state index in [-0.39, 0.29) is 48.4 Å². The van der Waals surface area contributed by atoms with Gasteiger partial charge in [-0.3, -0.25) is 0 Å². The van der Waals surface area contributed by atoms with Gasteiger partial charge in [-0.05, 0) is 92.4 Å². The van der Waals surface area contributed by atoms with Crippen molar-refractivity contribution in [3.63, 3.8) is 0 Å². The molecule has 0 spiro atoms. The van der Waals surface area contributed by atoms with Gasteiger partial charge in [-0.2, -0.15) is 0 Å². The maximum Gasteiger partial charge on any atom is 0.407 e. The molecule has 1 heterocycles. The molecule has 5 aliphatic rings. The van der Waals surface area contributed by atoms with Gasteiger partial charge in [0.15, 0.2) is 0 Å². The smallest absolute Gasteiger partial charge is 0.407 e. The predicted molar refractivity (Wildman–Crippen MR) is 127 cm³/mol. The summed E-state index contributed by atoms with van der Waals surface area (Å²) in [6, 6.07) is -0.0433. The summed E-state index contributed by atoms with van der Waals surface area (Å²) >= 11 is 0. The lowest BCUT2D eigenvalue weighted by Gasteiger charge is -2.65. The highest BCUT2D eigenvalue weighted by molar-refractivity contribution is 5.85. The maximum absolute atomic E-state index is 12.3. The van der Waals surface area contributed by atoms with Crippen LogP contribution in [0.25, 0.3) is 0 Å². The first-order valence-electron chi connectivity index (χ1n) is 13.4. The highest BCUT2D eigenvalue weighted by Gasteiger charge is 2.70. The summed E-state index contributed by atoms with van der Waals surface area (Å²) in [7, 11) is 0. The molecule has 35 heavy (non-hydrogen) atoms. The van der Waals surface area contributed by atoms with Crippen molar-refractivity contribution in [3.8, 4) is 0 Å². The topological polar surface area (TPSA) is 128 Å². The first-order chi connectivity index (χ1) is 16.6. The van der Waals surface area contributed by atoms with Gasteiger partial charge in [0.25, 0.3) is 0 Å². The summed E-state index contributed by atoms with van der Waals surface area (Å²) in [5, 5.41) is 42.9. The second-order valence-electron chi connectivity index (χ2n) is 12.4. The van der Waals surface area contributed by atoms with Crippen molar-refractivity contribution < 1.29 is 34.8 Å². The van der Waals surface area contributed by atoms with Crippen molar-refractivity contribution in [2.24, 2.45) is 34.5 Å². The average Bonchev–Trinajstić information content (AvgIpc) is 3.36. The minimum Gasteiger partial charge on any atom is -0.465 e. The van der Waals surface area contributed by atoms with Crippen LogP contribution >= 0.6 is 0 Å². The van der Waals surface area contributed by atoms with E-state index in [0.717, 1.165) is 44.1 Å². The quantitative estimate of drug-likeness (QED) is 0.436. The zero-order chi connectivity index (χ0) is 25.2. The van der Waals surface area contributed by atoms with Crippen LogP contribution in [-0.2, 0) is 9.53 Å². The highest BCUT2D eigenvalue weighted by atomic mass is 16.5. The molecule has 1 amide bonds. The van der Waals surface area contributed by atoms with Crippen LogP contribution in [0.4, 0.5) is 4.79 Å². The molecule has 4 aliphatic carbocycles. The SMILES string of the molecule is C[C@]12CC[C@H](N(CCCO)C(=O)O)C[C@H]1CC[C@@H]1[C@@H]2C[C@@H](O)[C@]2(C)[C@@H](C3=CC(=O)OC3)CC[C@]12O. The Labute approximate surface area is 207 Å². The Bertz CT molecular complexity index is 906. The molecule has 8 heteroatoms. The van der Waals surface area contributed by atoms with Crippen LogP contribution in [0.3, 0.4) is 0 Å². The summed E-state index contributed by atoms with van der Waals surface area (Å²) < 4.78 is 5.18. The molecular formula is C27H41NO7. The van der Waals surface area contributed by atoms with Gasteiger partial charge in [-0.25, -0.2) is 9.59 Å². The molecule has 9 atom stereocenters. The zero-order valence-electron chi connectivity index (χ0n) is 21.0. The minimum absolute atomic E-state index is 0.0190. The molecule has 0 unspecified atom stereocenters. The molecule has 1 aliphatic heterocycles. The number of carbonyl (C=O) groups is 2. The van der Waals surface area contributed by atoms with E-state index in [1.807, 2.05) is 6.92 Å². The van der Waals surface area contributed by atoms with Crippen LogP contribution in [0, 0.1) is 34.5 Å². The monoisotopic (exact) mass is 491 g/mol. The van der Waals surface area contributed by atoms with Crippen LogP contribution in [0.15, 0.2) is 11.6 Å². The number of cyclic esters (lactones) is 1. The summed E-state index contributed by atoms with van der Waals surface area (Å²) in [6.07, 6.45) is 6.69. The number of esters is 1. The lowest BCUT2D eigenvalue weighted by molar-refractivity contribution is -0.243. The largest absolute Gasteiger partial charge is 0.465 e. The molecule has 8 nitrogen and oxygen atoms in total. The van der Waals surface area contributed by atoms with Crippen molar-refractivity contribution in [1.82, 2.24) is 4.90 Å². The number of amides is 1. The third-order valence-corrected chi connectivity index (χ3v) is 11.3. The normalized spacial score (nSPS) is 46.8. The Kier molecular flexibility index (Phi) is 6.25. The summed E-state index contributed by atoms with van der Waals surface area (Å²) in [6.45, 7) is 4.92. The number of hydrogen-bond donors (Lipinski definition) is 4. The number of carbonyl (C=O) groups excluding carboxylic acids is 1. The predicted octanol–water partition coefficient (Wildman–Crippen LogP) is 2.95. The van der Waals surface area contributed by atoms with Gasteiger partial charge in [-0.1, -0.05) is 13.8 Å². The van der Waals surface area contributed by atoms with E-state index in [4.69, 9.17) is 4.74 Å². The Balaban J connectivity index is 1.39. The highest BCUT2D eigenvalue weighted by Crippen LogP contribution is 2.70. The Morgan fingerprint density at radius 1 is 1.14 bits per heavy atom. The molecule has 0 radical (unpaired) electrons. The Morgan fingerprint density at radius 3 is 2.57 bits per heavy atom. The van der Waals surface area contributed by atoms with Crippen molar-refractivity contribution in [2.75, 3.05) is 19.8 Å². The fourth-order valence-corrected chi connectivity index (χ4v) is 9.33. The standard InChI is InChI=1S/C27H41NO7/c1-25-8-6-18(28(24(32)33)10-3-11-29)13-17(25)4-5-20-21(25)14-22(30)26(2)19(7-9-27(20,26)34)16-12-23(31)35-15-16/h12,17-22,29-30,34H,3-11,13-15H2,1-2H3,(H,32,33)/t17-,18+,19-,20-,21+,22-,25+,26+,27+/m1/s1. The van der Waals surface area contributed by atoms with Gasteiger partial charge in [0.05, 0.1) is 11.7 Å². The van der Waals surface area contributed by atoms with Crippen molar-refractivity contribution in [2.45, 2.75) is 89.4 Å². The van der Waals surface area contributed by atoms with Crippen LogP contribution in [-0.4, -0.2) is 74.9 Å². The van der Waals surface area contributed by atoms with Gasteiger partial charge < -0.3 is 30.1 Å². The first-order valence-corrected chi connectivity index (χ1v) is 13.4. The lowest BCUT2D eigenvalue weighted by atomic mass is 9.42.